The number of rotatable bonds is 4. The molecule has 0 bridgehead atoms. The normalized spacial score (nSPS) is 17.3. The van der Waals surface area contributed by atoms with Gasteiger partial charge in [0, 0.05) is 44.0 Å². The zero-order chi connectivity index (χ0) is 18.8. The number of imidazole rings is 1. The monoisotopic (exact) mass is 384 g/mol. The molecule has 4 rings (SSSR count). The molecule has 0 aliphatic carbocycles. The molecule has 1 aliphatic rings. The Morgan fingerprint density at radius 2 is 2.19 bits per heavy atom. The maximum Gasteiger partial charge on any atom is 0.289 e. The molecule has 1 atom stereocenters. The van der Waals surface area contributed by atoms with Crippen LogP contribution in [0, 0.1) is 0 Å². The van der Waals surface area contributed by atoms with Crippen molar-refractivity contribution < 1.29 is 9.21 Å². The van der Waals surface area contributed by atoms with E-state index in [4.69, 9.17) is 16.0 Å². The summed E-state index contributed by atoms with van der Waals surface area (Å²) in [7, 11) is 1.83. The van der Waals surface area contributed by atoms with Crippen molar-refractivity contribution >= 4 is 17.5 Å². The van der Waals surface area contributed by atoms with E-state index in [1.807, 2.05) is 36.2 Å². The molecule has 1 aliphatic heterocycles. The van der Waals surface area contributed by atoms with Crippen LogP contribution in [0.3, 0.4) is 0 Å². The SMILES string of the molecule is Cn1ccnc1C(=O)N1CCC[C@@H](c2ncc(Cc3ccccc3Cl)o2)C1. The summed E-state index contributed by atoms with van der Waals surface area (Å²) in [6.45, 7) is 1.33. The predicted molar refractivity (Wildman–Crippen MR) is 102 cm³/mol. The summed E-state index contributed by atoms with van der Waals surface area (Å²) >= 11 is 6.23. The molecule has 0 radical (unpaired) electrons. The summed E-state index contributed by atoms with van der Waals surface area (Å²) in [6.07, 6.45) is 7.67. The molecule has 1 fully saturated rings. The first-order valence-electron chi connectivity index (χ1n) is 9.06. The van der Waals surface area contributed by atoms with Crippen LogP contribution in [0.5, 0.6) is 0 Å². The number of carbonyl (C=O) groups excluding carboxylic acids is 1. The van der Waals surface area contributed by atoms with Crippen molar-refractivity contribution in [3.63, 3.8) is 0 Å². The lowest BCUT2D eigenvalue weighted by molar-refractivity contribution is 0.0682. The second kappa shape index (κ2) is 7.56. The van der Waals surface area contributed by atoms with Gasteiger partial charge in [-0.1, -0.05) is 29.8 Å². The third-order valence-corrected chi connectivity index (χ3v) is 5.33. The number of hydrogen-bond donors (Lipinski definition) is 0. The number of likely N-dealkylation sites (tertiary alicyclic amines) is 1. The van der Waals surface area contributed by atoms with Gasteiger partial charge >= 0.3 is 0 Å². The maximum absolute atomic E-state index is 12.7. The van der Waals surface area contributed by atoms with Crippen LogP contribution in [0.1, 0.15) is 46.6 Å². The highest BCUT2D eigenvalue weighted by atomic mass is 35.5. The van der Waals surface area contributed by atoms with Crippen molar-refractivity contribution in [2.24, 2.45) is 7.05 Å². The van der Waals surface area contributed by atoms with E-state index in [9.17, 15) is 4.79 Å². The smallest absolute Gasteiger partial charge is 0.289 e. The number of piperidine rings is 1. The van der Waals surface area contributed by atoms with Gasteiger partial charge in [0.15, 0.2) is 11.7 Å². The number of amides is 1. The van der Waals surface area contributed by atoms with E-state index in [0.29, 0.717) is 24.7 Å². The number of aryl methyl sites for hydroxylation is 1. The van der Waals surface area contributed by atoms with E-state index in [-0.39, 0.29) is 11.8 Å². The molecular formula is C20H21ClN4O2. The Kier molecular flexibility index (Phi) is 4.99. The Balaban J connectivity index is 1.46. The summed E-state index contributed by atoms with van der Waals surface area (Å²) in [5.41, 5.74) is 1.01. The van der Waals surface area contributed by atoms with Crippen LogP contribution >= 0.6 is 11.6 Å². The fourth-order valence-corrected chi connectivity index (χ4v) is 3.70. The minimum absolute atomic E-state index is 0.0463. The van der Waals surface area contributed by atoms with Crippen LogP contribution in [0.15, 0.2) is 47.3 Å². The van der Waals surface area contributed by atoms with Crippen LogP contribution < -0.4 is 0 Å². The molecule has 3 aromatic rings. The van der Waals surface area contributed by atoms with E-state index in [1.54, 1.807) is 23.2 Å². The van der Waals surface area contributed by atoms with Gasteiger partial charge < -0.3 is 13.9 Å². The number of hydrogen-bond acceptors (Lipinski definition) is 4. The first kappa shape index (κ1) is 17.8. The molecule has 0 saturated carbocycles. The predicted octanol–water partition coefficient (Wildman–Crippen LogP) is 3.67. The number of aromatic nitrogens is 3. The summed E-state index contributed by atoms with van der Waals surface area (Å²) in [5, 5.41) is 0.722. The van der Waals surface area contributed by atoms with Gasteiger partial charge in [-0.2, -0.15) is 0 Å². The zero-order valence-corrected chi connectivity index (χ0v) is 15.9. The van der Waals surface area contributed by atoms with Gasteiger partial charge in [-0.15, -0.1) is 0 Å². The fraction of sp³-hybridized carbons (Fsp3) is 0.350. The van der Waals surface area contributed by atoms with E-state index < -0.39 is 0 Å². The van der Waals surface area contributed by atoms with Crippen LogP contribution in [0.25, 0.3) is 0 Å². The van der Waals surface area contributed by atoms with Gasteiger partial charge in [0.25, 0.3) is 5.91 Å². The first-order valence-corrected chi connectivity index (χ1v) is 9.44. The van der Waals surface area contributed by atoms with Crippen molar-refractivity contribution in [2.75, 3.05) is 13.1 Å². The second-order valence-electron chi connectivity index (χ2n) is 6.89. The highest BCUT2D eigenvalue weighted by Crippen LogP contribution is 2.28. The molecule has 0 N–H and O–H groups in total. The minimum Gasteiger partial charge on any atom is -0.445 e. The molecule has 0 unspecified atom stereocenters. The van der Waals surface area contributed by atoms with Crippen molar-refractivity contribution in [1.82, 2.24) is 19.4 Å². The van der Waals surface area contributed by atoms with Gasteiger partial charge in [-0.05, 0) is 24.5 Å². The average molecular weight is 385 g/mol. The Morgan fingerprint density at radius 3 is 2.96 bits per heavy atom. The van der Waals surface area contributed by atoms with Crippen LogP contribution in [-0.2, 0) is 13.5 Å². The largest absolute Gasteiger partial charge is 0.445 e. The standard InChI is InChI=1S/C20H21ClN4O2/c1-24-10-8-22-18(24)20(26)25-9-4-6-15(13-25)19-23-12-16(27-19)11-14-5-2-3-7-17(14)21/h2-3,5,7-8,10,12,15H,4,6,9,11,13H2,1H3/t15-/m1/s1. The quantitative estimate of drug-likeness (QED) is 0.688. The molecule has 7 heteroatoms. The molecule has 3 heterocycles. The summed E-state index contributed by atoms with van der Waals surface area (Å²) < 4.78 is 7.74. The van der Waals surface area contributed by atoms with E-state index in [0.717, 1.165) is 35.7 Å². The Morgan fingerprint density at radius 1 is 1.33 bits per heavy atom. The lowest BCUT2D eigenvalue weighted by Gasteiger charge is -2.31. The highest BCUT2D eigenvalue weighted by Gasteiger charge is 2.29. The highest BCUT2D eigenvalue weighted by molar-refractivity contribution is 6.31. The lowest BCUT2D eigenvalue weighted by Crippen LogP contribution is -2.40. The number of halogens is 1. The zero-order valence-electron chi connectivity index (χ0n) is 15.1. The summed E-state index contributed by atoms with van der Waals surface area (Å²) in [6, 6.07) is 7.72. The van der Waals surface area contributed by atoms with Gasteiger partial charge in [0.05, 0.1) is 12.1 Å². The summed E-state index contributed by atoms with van der Waals surface area (Å²) in [4.78, 5) is 23.2. The molecule has 27 heavy (non-hydrogen) atoms. The second-order valence-corrected chi connectivity index (χ2v) is 7.29. The number of carbonyl (C=O) groups is 1. The van der Waals surface area contributed by atoms with Crippen molar-refractivity contribution in [3.05, 3.63) is 70.9 Å². The van der Waals surface area contributed by atoms with Crippen LogP contribution in [-0.4, -0.2) is 38.4 Å². The topological polar surface area (TPSA) is 64.2 Å². The van der Waals surface area contributed by atoms with Gasteiger partial charge in [0.1, 0.15) is 5.76 Å². The molecule has 2 aromatic heterocycles. The molecular weight excluding hydrogens is 364 g/mol. The average Bonchev–Trinajstić information content (AvgIpc) is 3.32. The number of benzene rings is 1. The number of oxazole rings is 1. The third-order valence-electron chi connectivity index (χ3n) is 4.96. The Hall–Kier alpha value is -2.60. The molecule has 1 saturated heterocycles. The Labute approximate surface area is 162 Å². The lowest BCUT2D eigenvalue weighted by atomic mass is 9.98. The molecule has 140 valence electrons. The number of nitrogens with zero attached hydrogens (tertiary/aromatic N) is 4. The van der Waals surface area contributed by atoms with Crippen LogP contribution in [0.2, 0.25) is 5.02 Å². The molecule has 6 nitrogen and oxygen atoms in total. The molecule has 0 spiro atoms. The van der Waals surface area contributed by atoms with E-state index in [2.05, 4.69) is 9.97 Å². The van der Waals surface area contributed by atoms with Crippen molar-refractivity contribution in [3.8, 4) is 0 Å². The van der Waals surface area contributed by atoms with E-state index >= 15 is 0 Å². The summed E-state index contributed by atoms with van der Waals surface area (Å²) in [5.74, 6) is 1.99. The maximum atomic E-state index is 12.7. The van der Waals surface area contributed by atoms with Gasteiger partial charge in [0.2, 0.25) is 0 Å². The van der Waals surface area contributed by atoms with Crippen LogP contribution in [0.4, 0.5) is 0 Å². The van der Waals surface area contributed by atoms with E-state index in [1.165, 1.54) is 0 Å². The van der Waals surface area contributed by atoms with Crippen molar-refractivity contribution in [2.45, 2.75) is 25.2 Å². The van der Waals surface area contributed by atoms with Gasteiger partial charge in [-0.3, -0.25) is 4.79 Å². The van der Waals surface area contributed by atoms with Crippen molar-refractivity contribution in [1.29, 1.82) is 0 Å². The third kappa shape index (κ3) is 3.76. The Bertz CT molecular complexity index is 949. The molecule has 1 aromatic carbocycles. The molecule has 1 amide bonds. The fourth-order valence-electron chi connectivity index (χ4n) is 3.50. The van der Waals surface area contributed by atoms with Gasteiger partial charge in [-0.25, -0.2) is 9.97 Å². The first-order chi connectivity index (χ1) is 13.1. The minimum atomic E-state index is -0.0463.